The molecule has 0 radical (unpaired) electrons. The molecule has 144 valence electrons. The van der Waals surface area contributed by atoms with Crippen LogP contribution in [0.3, 0.4) is 0 Å². The Bertz CT molecular complexity index is 922. The lowest BCUT2D eigenvalue weighted by molar-refractivity contribution is -0.116. The van der Waals surface area contributed by atoms with E-state index in [1.54, 1.807) is 42.5 Å². The van der Waals surface area contributed by atoms with Crippen LogP contribution in [0.15, 0.2) is 48.5 Å². The molecular formula is C18H19ClFN3O3S. The molecule has 0 spiro atoms. The van der Waals surface area contributed by atoms with Gasteiger partial charge < -0.3 is 5.32 Å². The van der Waals surface area contributed by atoms with Crippen LogP contribution in [-0.2, 0) is 21.5 Å². The molecule has 1 aliphatic heterocycles. The minimum atomic E-state index is -3.86. The molecule has 0 saturated carbocycles. The van der Waals surface area contributed by atoms with Gasteiger partial charge in [-0.2, -0.15) is 17.0 Å². The summed E-state index contributed by atoms with van der Waals surface area (Å²) in [5.41, 5.74) is 0.829. The Morgan fingerprint density at radius 2 is 1.74 bits per heavy atom. The number of nitrogens with one attached hydrogen (secondary N) is 1. The van der Waals surface area contributed by atoms with Crippen molar-refractivity contribution in [3.63, 3.8) is 0 Å². The summed E-state index contributed by atoms with van der Waals surface area (Å²) >= 11 is 5.80. The second-order valence-corrected chi connectivity index (χ2v) is 8.54. The van der Waals surface area contributed by atoms with Crippen molar-refractivity contribution < 1.29 is 17.6 Å². The summed E-state index contributed by atoms with van der Waals surface area (Å²) in [6.07, 6.45) is 0.557. The average Bonchev–Trinajstić information content (AvgIpc) is 2.62. The molecule has 1 amide bonds. The van der Waals surface area contributed by atoms with Gasteiger partial charge in [0.2, 0.25) is 5.91 Å². The number of amides is 1. The van der Waals surface area contributed by atoms with Crippen molar-refractivity contribution in [2.75, 3.05) is 25.0 Å². The molecule has 0 bridgehead atoms. The predicted octanol–water partition coefficient (Wildman–Crippen LogP) is 2.87. The fourth-order valence-electron chi connectivity index (χ4n) is 2.85. The highest BCUT2D eigenvalue weighted by Crippen LogP contribution is 2.21. The van der Waals surface area contributed by atoms with Gasteiger partial charge in [-0.25, -0.2) is 4.39 Å². The summed E-state index contributed by atoms with van der Waals surface area (Å²) < 4.78 is 41.8. The number of carbonyl (C=O) groups is 1. The average molecular weight is 412 g/mol. The van der Waals surface area contributed by atoms with Crippen molar-refractivity contribution in [1.29, 1.82) is 0 Å². The maximum absolute atomic E-state index is 13.9. The molecule has 1 fully saturated rings. The third-order valence-electron chi connectivity index (χ3n) is 4.22. The SMILES string of the molecule is O=C(CN1CCCN(Cc2ccccc2F)S1(=O)=O)Nc1ccc(Cl)cc1. The van der Waals surface area contributed by atoms with Gasteiger partial charge in [0.25, 0.3) is 10.2 Å². The molecule has 0 unspecified atom stereocenters. The lowest BCUT2D eigenvalue weighted by Gasteiger charge is -2.34. The van der Waals surface area contributed by atoms with Crippen molar-refractivity contribution >= 4 is 33.4 Å². The zero-order chi connectivity index (χ0) is 19.4. The van der Waals surface area contributed by atoms with Crippen molar-refractivity contribution in [1.82, 2.24) is 8.61 Å². The van der Waals surface area contributed by atoms with Gasteiger partial charge >= 0.3 is 0 Å². The van der Waals surface area contributed by atoms with E-state index in [0.29, 0.717) is 22.7 Å². The van der Waals surface area contributed by atoms with E-state index in [0.717, 1.165) is 4.31 Å². The van der Waals surface area contributed by atoms with Crippen LogP contribution >= 0.6 is 11.6 Å². The Labute approximate surface area is 162 Å². The van der Waals surface area contributed by atoms with Crippen LogP contribution in [0.2, 0.25) is 5.02 Å². The number of hydrogen-bond acceptors (Lipinski definition) is 3. The summed E-state index contributed by atoms with van der Waals surface area (Å²) in [7, 11) is -3.86. The Kier molecular flexibility index (Phi) is 6.11. The first kappa shape index (κ1) is 19.8. The maximum Gasteiger partial charge on any atom is 0.282 e. The molecule has 0 aliphatic carbocycles. The Morgan fingerprint density at radius 1 is 1.07 bits per heavy atom. The largest absolute Gasteiger partial charge is 0.325 e. The van der Waals surface area contributed by atoms with E-state index >= 15 is 0 Å². The van der Waals surface area contributed by atoms with Gasteiger partial charge in [0.05, 0.1) is 6.54 Å². The molecule has 2 aromatic carbocycles. The van der Waals surface area contributed by atoms with Gasteiger partial charge in [0.1, 0.15) is 5.82 Å². The highest BCUT2D eigenvalue weighted by atomic mass is 35.5. The van der Waals surface area contributed by atoms with Gasteiger partial charge in [0, 0.05) is 35.9 Å². The van der Waals surface area contributed by atoms with Crippen LogP contribution in [0.1, 0.15) is 12.0 Å². The highest BCUT2D eigenvalue weighted by Gasteiger charge is 2.35. The smallest absolute Gasteiger partial charge is 0.282 e. The van der Waals surface area contributed by atoms with Crippen LogP contribution in [0.4, 0.5) is 10.1 Å². The lowest BCUT2D eigenvalue weighted by atomic mass is 10.2. The van der Waals surface area contributed by atoms with Gasteiger partial charge in [-0.05, 0) is 36.8 Å². The van der Waals surface area contributed by atoms with Gasteiger partial charge in [-0.1, -0.05) is 29.8 Å². The Morgan fingerprint density at radius 3 is 2.44 bits per heavy atom. The second kappa shape index (κ2) is 8.35. The lowest BCUT2D eigenvalue weighted by Crippen LogP contribution is -2.51. The number of anilines is 1. The Hall–Kier alpha value is -2.00. The van der Waals surface area contributed by atoms with Crippen LogP contribution in [0.5, 0.6) is 0 Å². The van der Waals surface area contributed by atoms with E-state index in [1.165, 1.54) is 10.4 Å². The number of hydrogen-bond donors (Lipinski definition) is 1. The standard InChI is InChI=1S/C18H19ClFN3O3S/c19-15-6-8-16(9-7-15)21-18(24)13-23-11-3-10-22(27(23,25)26)12-14-4-1-2-5-17(14)20/h1-2,4-9H,3,10-13H2,(H,21,24). The third kappa shape index (κ3) is 4.84. The molecule has 3 rings (SSSR count). The second-order valence-electron chi connectivity index (χ2n) is 6.17. The zero-order valence-electron chi connectivity index (χ0n) is 14.4. The fourth-order valence-corrected chi connectivity index (χ4v) is 4.60. The zero-order valence-corrected chi connectivity index (χ0v) is 16.0. The van der Waals surface area contributed by atoms with E-state index in [4.69, 9.17) is 11.6 Å². The van der Waals surface area contributed by atoms with E-state index in [2.05, 4.69) is 5.32 Å². The summed E-state index contributed by atoms with van der Waals surface area (Å²) in [4.78, 5) is 12.2. The topological polar surface area (TPSA) is 69.7 Å². The quantitative estimate of drug-likeness (QED) is 0.822. The summed E-state index contributed by atoms with van der Waals surface area (Å²) in [5, 5.41) is 3.18. The van der Waals surface area contributed by atoms with E-state index in [-0.39, 0.29) is 26.2 Å². The van der Waals surface area contributed by atoms with E-state index in [9.17, 15) is 17.6 Å². The molecule has 1 N–H and O–H groups in total. The molecule has 1 heterocycles. The molecular weight excluding hydrogens is 393 g/mol. The fraction of sp³-hybridized carbons (Fsp3) is 0.278. The maximum atomic E-state index is 13.9. The normalized spacial score (nSPS) is 17.6. The van der Waals surface area contributed by atoms with Gasteiger partial charge in [-0.15, -0.1) is 0 Å². The van der Waals surface area contributed by atoms with E-state index in [1.807, 2.05) is 0 Å². The molecule has 0 atom stereocenters. The van der Waals surface area contributed by atoms with E-state index < -0.39 is 21.9 Å². The molecule has 1 saturated heterocycles. The summed E-state index contributed by atoms with van der Waals surface area (Å²) in [6.45, 7) is 0.152. The number of carbonyl (C=O) groups excluding carboxylic acids is 1. The van der Waals surface area contributed by atoms with Crippen molar-refractivity contribution in [2.24, 2.45) is 0 Å². The molecule has 0 aromatic heterocycles. The first-order chi connectivity index (χ1) is 12.9. The number of halogens is 2. The Balaban J connectivity index is 1.67. The monoisotopic (exact) mass is 411 g/mol. The first-order valence-corrected chi connectivity index (χ1v) is 10.2. The number of rotatable bonds is 5. The number of benzene rings is 2. The highest BCUT2D eigenvalue weighted by molar-refractivity contribution is 7.86. The predicted molar refractivity (Wildman–Crippen MR) is 102 cm³/mol. The van der Waals surface area contributed by atoms with Crippen molar-refractivity contribution in [2.45, 2.75) is 13.0 Å². The molecule has 1 aliphatic rings. The van der Waals surface area contributed by atoms with Crippen molar-refractivity contribution in [3.8, 4) is 0 Å². The molecule has 27 heavy (non-hydrogen) atoms. The molecule has 9 heteroatoms. The minimum Gasteiger partial charge on any atom is -0.325 e. The van der Waals surface area contributed by atoms with Gasteiger partial charge in [-0.3, -0.25) is 4.79 Å². The van der Waals surface area contributed by atoms with Crippen LogP contribution in [0, 0.1) is 5.82 Å². The van der Waals surface area contributed by atoms with Crippen LogP contribution in [0.25, 0.3) is 0 Å². The van der Waals surface area contributed by atoms with Crippen LogP contribution < -0.4 is 5.32 Å². The molecule has 6 nitrogen and oxygen atoms in total. The van der Waals surface area contributed by atoms with Crippen molar-refractivity contribution in [3.05, 3.63) is 64.9 Å². The minimum absolute atomic E-state index is 0.0652. The van der Waals surface area contributed by atoms with Crippen LogP contribution in [-0.4, -0.2) is 42.6 Å². The molecule has 2 aromatic rings. The number of nitrogens with zero attached hydrogens (tertiary/aromatic N) is 2. The summed E-state index contributed by atoms with van der Waals surface area (Å²) in [6, 6.07) is 12.6. The first-order valence-electron chi connectivity index (χ1n) is 8.40. The van der Waals surface area contributed by atoms with Gasteiger partial charge in [0.15, 0.2) is 0 Å². The third-order valence-corrected chi connectivity index (χ3v) is 6.40. The summed E-state index contributed by atoms with van der Waals surface area (Å²) in [5.74, 6) is -0.904.